The van der Waals surface area contributed by atoms with Gasteiger partial charge in [-0.3, -0.25) is 14.5 Å². The molecule has 5 rings (SSSR count). The summed E-state index contributed by atoms with van der Waals surface area (Å²) in [5, 5.41) is 21.6. The van der Waals surface area contributed by atoms with Crippen LogP contribution < -0.4 is 19.1 Å². The lowest BCUT2D eigenvalue weighted by Crippen LogP contribution is -2.29. The van der Waals surface area contributed by atoms with E-state index in [0.29, 0.717) is 24.7 Å². The quantitative estimate of drug-likeness (QED) is 0.319. The Morgan fingerprint density at radius 2 is 1.72 bits per heavy atom. The smallest absolute Gasteiger partial charge is 0.300 e. The van der Waals surface area contributed by atoms with Gasteiger partial charge in [-0.2, -0.15) is 0 Å². The van der Waals surface area contributed by atoms with Crippen LogP contribution in [0.4, 0.5) is 14.5 Å². The summed E-state index contributed by atoms with van der Waals surface area (Å²) in [6.07, 6.45) is 0. The van der Waals surface area contributed by atoms with Crippen LogP contribution in [-0.2, 0) is 9.59 Å². The van der Waals surface area contributed by atoms with Crippen LogP contribution in [0.2, 0.25) is 0 Å². The fraction of sp³-hybridized carbons (Fsp3) is 0.154. The maximum atomic E-state index is 14.1. The van der Waals surface area contributed by atoms with Gasteiger partial charge in [0.2, 0.25) is 0 Å². The number of phenolic OH excluding ortho intramolecular Hbond substituents is 1. The van der Waals surface area contributed by atoms with Gasteiger partial charge in [0.1, 0.15) is 19.0 Å². The standard InChI is InChI=1S/C26H19F2NO7/c1-34-19-6-2-13(10-18(19)30)23-22(24(31)14-3-7-20-21(11-14)36-9-8-35-20)25(32)26(33)29(23)15-4-5-16(27)17(28)12-15/h2-7,10-12,23,30-31H,8-9H2,1H3/b24-22-. The molecule has 8 nitrogen and oxygen atoms in total. The van der Waals surface area contributed by atoms with Crippen LogP contribution in [0.25, 0.3) is 5.76 Å². The number of methoxy groups -OCH3 is 1. The van der Waals surface area contributed by atoms with Crippen LogP contribution in [0.3, 0.4) is 0 Å². The van der Waals surface area contributed by atoms with Crippen molar-refractivity contribution in [1.29, 1.82) is 0 Å². The van der Waals surface area contributed by atoms with Crippen LogP contribution >= 0.6 is 0 Å². The number of aromatic hydroxyl groups is 1. The van der Waals surface area contributed by atoms with Crippen molar-refractivity contribution in [2.45, 2.75) is 6.04 Å². The number of Topliss-reactive ketones (excluding diaryl/α,β-unsaturated/α-hetero) is 1. The fourth-order valence-corrected chi connectivity index (χ4v) is 4.27. The first-order valence-electron chi connectivity index (χ1n) is 10.8. The molecule has 1 unspecified atom stereocenters. The first-order valence-corrected chi connectivity index (χ1v) is 10.8. The summed E-state index contributed by atoms with van der Waals surface area (Å²) >= 11 is 0. The molecule has 0 spiro atoms. The van der Waals surface area contributed by atoms with Gasteiger partial charge in [-0.05, 0) is 48.0 Å². The molecule has 0 bridgehead atoms. The van der Waals surface area contributed by atoms with E-state index in [0.717, 1.165) is 23.1 Å². The average Bonchev–Trinajstić information content (AvgIpc) is 3.15. The van der Waals surface area contributed by atoms with Crippen molar-refractivity contribution in [2.24, 2.45) is 0 Å². The number of amides is 1. The number of aliphatic hydroxyl groups is 1. The zero-order chi connectivity index (χ0) is 25.6. The Bertz CT molecular complexity index is 1440. The first kappa shape index (κ1) is 23.2. The summed E-state index contributed by atoms with van der Waals surface area (Å²) in [4.78, 5) is 27.3. The van der Waals surface area contributed by atoms with Crippen LogP contribution in [0.15, 0.2) is 60.2 Å². The van der Waals surface area contributed by atoms with Gasteiger partial charge >= 0.3 is 0 Å². The van der Waals surface area contributed by atoms with Gasteiger partial charge in [0, 0.05) is 17.3 Å². The van der Waals surface area contributed by atoms with E-state index in [9.17, 15) is 28.6 Å². The molecular formula is C26H19F2NO7. The third kappa shape index (κ3) is 3.76. The van der Waals surface area contributed by atoms with E-state index < -0.39 is 35.1 Å². The summed E-state index contributed by atoms with van der Waals surface area (Å²) < 4.78 is 43.8. The van der Waals surface area contributed by atoms with E-state index in [4.69, 9.17) is 14.2 Å². The summed E-state index contributed by atoms with van der Waals surface area (Å²) in [5.74, 6) is -4.35. The molecule has 184 valence electrons. The third-order valence-corrected chi connectivity index (χ3v) is 5.96. The molecule has 10 heteroatoms. The second-order valence-corrected chi connectivity index (χ2v) is 8.06. The molecule has 2 aliphatic rings. The molecule has 1 amide bonds. The maximum Gasteiger partial charge on any atom is 0.300 e. The highest BCUT2D eigenvalue weighted by atomic mass is 19.2. The van der Waals surface area contributed by atoms with E-state index in [2.05, 4.69) is 0 Å². The van der Waals surface area contributed by atoms with Gasteiger partial charge in [0.25, 0.3) is 11.7 Å². The number of hydrogen-bond donors (Lipinski definition) is 2. The van der Waals surface area contributed by atoms with Crippen molar-refractivity contribution in [2.75, 3.05) is 25.2 Å². The molecule has 0 saturated carbocycles. The van der Waals surface area contributed by atoms with E-state index in [1.807, 2.05) is 0 Å². The minimum atomic E-state index is -1.28. The van der Waals surface area contributed by atoms with Crippen LogP contribution in [0.1, 0.15) is 17.2 Å². The summed E-state index contributed by atoms with van der Waals surface area (Å²) in [6, 6.07) is 10.2. The van der Waals surface area contributed by atoms with Gasteiger partial charge in [0.15, 0.2) is 34.6 Å². The van der Waals surface area contributed by atoms with Crippen molar-refractivity contribution >= 4 is 23.1 Å². The molecule has 1 fully saturated rings. The Balaban J connectivity index is 1.71. The largest absolute Gasteiger partial charge is 0.507 e. The number of nitrogens with zero attached hydrogens (tertiary/aromatic N) is 1. The number of hydrogen-bond acceptors (Lipinski definition) is 7. The predicted molar refractivity (Wildman–Crippen MR) is 123 cm³/mol. The normalized spacial score (nSPS) is 18.4. The SMILES string of the molecule is COc1ccc(C2/C(=C(/O)c3ccc4c(c3)OCCO4)C(=O)C(=O)N2c2ccc(F)c(F)c2)cc1O. The molecule has 2 aliphatic heterocycles. The second-order valence-electron chi connectivity index (χ2n) is 8.06. The summed E-state index contributed by atoms with van der Waals surface area (Å²) in [6.45, 7) is 0.654. The van der Waals surface area contributed by atoms with Crippen LogP contribution in [0.5, 0.6) is 23.0 Å². The van der Waals surface area contributed by atoms with Gasteiger partial charge < -0.3 is 24.4 Å². The Labute approximate surface area is 203 Å². The topological polar surface area (TPSA) is 106 Å². The summed E-state index contributed by atoms with van der Waals surface area (Å²) in [5.41, 5.74) is -0.0369. The van der Waals surface area contributed by atoms with Gasteiger partial charge in [-0.15, -0.1) is 0 Å². The van der Waals surface area contributed by atoms with Crippen molar-refractivity contribution in [3.8, 4) is 23.0 Å². The minimum Gasteiger partial charge on any atom is -0.507 e. The first-order chi connectivity index (χ1) is 17.3. The van der Waals surface area contributed by atoms with Crippen molar-refractivity contribution in [1.82, 2.24) is 0 Å². The molecule has 2 N–H and O–H groups in total. The van der Waals surface area contributed by atoms with Crippen LogP contribution in [-0.4, -0.2) is 42.2 Å². The molecule has 3 aromatic rings. The third-order valence-electron chi connectivity index (χ3n) is 5.96. The number of ether oxygens (including phenoxy) is 3. The zero-order valence-corrected chi connectivity index (χ0v) is 18.8. The second kappa shape index (κ2) is 8.88. The number of halogens is 2. The van der Waals surface area contributed by atoms with E-state index in [-0.39, 0.29) is 33.9 Å². The lowest BCUT2D eigenvalue weighted by atomic mass is 9.94. The number of carbonyl (C=O) groups is 2. The Hall–Kier alpha value is -4.60. The number of carbonyl (C=O) groups excluding carboxylic acids is 2. The molecular weight excluding hydrogens is 476 g/mol. The molecule has 1 saturated heterocycles. The lowest BCUT2D eigenvalue weighted by molar-refractivity contribution is -0.132. The number of phenols is 1. The Morgan fingerprint density at radius 3 is 2.42 bits per heavy atom. The number of benzene rings is 3. The number of anilines is 1. The van der Waals surface area contributed by atoms with E-state index in [1.165, 1.54) is 37.4 Å². The van der Waals surface area contributed by atoms with E-state index >= 15 is 0 Å². The van der Waals surface area contributed by atoms with Crippen molar-refractivity contribution in [3.05, 3.63) is 82.9 Å². The maximum absolute atomic E-state index is 14.1. The molecule has 3 aromatic carbocycles. The Morgan fingerprint density at radius 1 is 0.972 bits per heavy atom. The molecule has 36 heavy (non-hydrogen) atoms. The average molecular weight is 495 g/mol. The molecule has 0 radical (unpaired) electrons. The molecule has 0 aromatic heterocycles. The summed E-state index contributed by atoms with van der Waals surface area (Å²) in [7, 11) is 1.35. The highest BCUT2D eigenvalue weighted by Gasteiger charge is 2.47. The molecule has 0 aliphatic carbocycles. The van der Waals surface area contributed by atoms with E-state index in [1.54, 1.807) is 6.07 Å². The van der Waals surface area contributed by atoms with Crippen LogP contribution in [0, 0.1) is 11.6 Å². The van der Waals surface area contributed by atoms with Gasteiger partial charge in [-0.25, -0.2) is 8.78 Å². The highest BCUT2D eigenvalue weighted by Crippen LogP contribution is 2.45. The number of aliphatic hydroxyl groups excluding tert-OH is 1. The highest BCUT2D eigenvalue weighted by molar-refractivity contribution is 6.51. The number of rotatable bonds is 4. The van der Waals surface area contributed by atoms with Gasteiger partial charge in [0.05, 0.1) is 18.7 Å². The number of fused-ring (bicyclic) bond motifs is 1. The lowest BCUT2D eigenvalue weighted by Gasteiger charge is -2.26. The van der Waals surface area contributed by atoms with Gasteiger partial charge in [-0.1, -0.05) is 6.07 Å². The van der Waals surface area contributed by atoms with Crippen molar-refractivity contribution < 1.29 is 42.8 Å². The Kier molecular flexibility index (Phi) is 5.71. The zero-order valence-electron chi connectivity index (χ0n) is 18.8. The van der Waals surface area contributed by atoms with Crippen molar-refractivity contribution in [3.63, 3.8) is 0 Å². The minimum absolute atomic E-state index is 0.113. The fourth-order valence-electron chi connectivity index (χ4n) is 4.27. The monoisotopic (exact) mass is 495 g/mol. The molecule has 2 heterocycles. The predicted octanol–water partition coefficient (Wildman–Crippen LogP) is 4.08. The molecule has 1 atom stereocenters. The number of ketones is 1.